The van der Waals surface area contributed by atoms with Crippen LogP contribution < -0.4 is 5.32 Å². The monoisotopic (exact) mass is 258 g/mol. The SMILES string of the molecule is Cc1cccc(NC(=O)N2CCN(CC#N)CC2)c1. The van der Waals surface area contributed by atoms with E-state index in [1.165, 1.54) is 0 Å². The average Bonchev–Trinajstić information content (AvgIpc) is 2.40. The van der Waals surface area contributed by atoms with Crippen LogP contribution >= 0.6 is 0 Å². The van der Waals surface area contributed by atoms with E-state index >= 15 is 0 Å². The molecule has 0 spiro atoms. The van der Waals surface area contributed by atoms with Crippen LogP contribution in [0.4, 0.5) is 10.5 Å². The third-order valence-corrected chi connectivity index (χ3v) is 3.22. The van der Waals surface area contributed by atoms with Crippen LogP contribution in [-0.4, -0.2) is 48.6 Å². The summed E-state index contributed by atoms with van der Waals surface area (Å²) in [6, 6.07) is 9.82. The van der Waals surface area contributed by atoms with E-state index in [9.17, 15) is 4.79 Å². The fourth-order valence-electron chi connectivity index (χ4n) is 2.13. The van der Waals surface area contributed by atoms with Gasteiger partial charge in [-0.15, -0.1) is 0 Å². The summed E-state index contributed by atoms with van der Waals surface area (Å²) in [7, 11) is 0. The maximum Gasteiger partial charge on any atom is 0.321 e. The summed E-state index contributed by atoms with van der Waals surface area (Å²) in [5, 5.41) is 11.5. The van der Waals surface area contributed by atoms with Crippen LogP contribution in [0.5, 0.6) is 0 Å². The number of urea groups is 1. The van der Waals surface area contributed by atoms with Gasteiger partial charge in [-0.3, -0.25) is 4.90 Å². The largest absolute Gasteiger partial charge is 0.322 e. The highest BCUT2D eigenvalue weighted by Crippen LogP contribution is 2.11. The maximum absolute atomic E-state index is 12.1. The molecule has 1 aliphatic heterocycles. The summed E-state index contributed by atoms with van der Waals surface area (Å²) in [5.41, 5.74) is 1.95. The molecule has 1 aromatic rings. The predicted molar refractivity (Wildman–Crippen MR) is 73.8 cm³/mol. The van der Waals surface area contributed by atoms with Gasteiger partial charge >= 0.3 is 6.03 Å². The van der Waals surface area contributed by atoms with Crippen molar-refractivity contribution >= 4 is 11.7 Å². The molecule has 0 saturated carbocycles. The summed E-state index contributed by atoms with van der Waals surface area (Å²) < 4.78 is 0. The Bertz CT molecular complexity index is 486. The molecule has 1 N–H and O–H groups in total. The summed E-state index contributed by atoms with van der Waals surface area (Å²) in [5.74, 6) is 0. The van der Waals surface area contributed by atoms with E-state index in [1.54, 1.807) is 4.90 Å². The normalized spacial score (nSPS) is 15.9. The zero-order chi connectivity index (χ0) is 13.7. The van der Waals surface area contributed by atoms with Crippen molar-refractivity contribution in [3.05, 3.63) is 29.8 Å². The number of carbonyl (C=O) groups is 1. The van der Waals surface area contributed by atoms with Gasteiger partial charge in [0.15, 0.2) is 0 Å². The third kappa shape index (κ3) is 3.70. The molecule has 0 bridgehead atoms. The number of nitrogens with zero attached hydrogens (tertiary/aromatic N) is 3. The summed E-state index contributed by atoms with van der Waals surface area (Å²) >= 11 is 0. The van der Waals surface area contributed by atoms with Crippen LogP contribution in [0.25, 0.3) is 0 Å². The number of hydrogen-bond donors (Lipinski definition) is 1. The minimum Gasteiger partial charge on any atom is -0.322 e. The molecule has 0 radical (unpaired) electrons. The lowest BCUT2D eigenvalue weighted by Gasteiger charge is -2.33. The Kier molecular flexibility index (Phi) is 4.37. The number of aryl methyl sites for hydroxylation is 1. The van der Waals surface area contributed by atoms with Crippen molar-refractivity contribution in [2.45, 2.75) is 6.92 Å². The number of carbonyl (C=O) groups excluding carboxylic acids is 1. The molecule has 5 nitrogen and oxygen atoms in total. The van der Waals surface area contributed by atoms with Crippen LogP contribution in [0.15, 0.2) is 24.3 Å². The van der Waals surface area contributed by atoms with Crippen molar-refractivity contribution in [2.75, 3.05) is 38.0 Å². The fraction of sp³-hybridized carbons (Fsp3) is 0.429. The number of rotatable bonds is 2. The molecule has 19 heavy (non-hydrogen) atoms. The van der Waals surface area contributed by atoms with Gasteiger partial charge in [-0.25, -0.2) is 4.79 Å². The van der Waals surface area contributed by atoms with Crippen molar-refractivity contribution in [1.82, 2.24) is 9.80 Å². The van der Waals surface area contributed by atoms with Gasteiger partial charge in [-0.2, -0.15) is 5.26 Å². The summed E-state index contributed by atoms with van der Waals surface area (Å²) in [6.07, 6.45) is 0. The van der Waals surface area contributed by atoms with Gasteiger partial charge in [-0.05, 0) is 24.6 Å². The number of benzene rings is 1. The quantitative estimate of drug-likeness (QED) is 0.821. The molecule has 0 atom stereocenters. The molecule has 2 amide bonds. The predicted octanol–water partition coefficient (Wildman–Crippen LogP) is 1.67. The second-order valence-corrected chi connectivity index (χ2v) is 4.72. The zero-order valence-corrected chi connectivity index (χ0v) is 11.1. The molecule has 0 aliphatic carbocycles. The molecule has 1 aliphatic rings. The highest BCUT2D eigenvalue weighted by atomic mass is 16.2. The Balaban J connectivity index is 1.86. The summed E-state index contributed by atoms with van der Waals surface area (Å²) in [6.45, 7) is 5.28. The Labute approximate surface area is 113 Å². The minimum absolute atomic E-state index is 0.0674. The maximum atomic E-state index is 12.1. The molecule has 0 aromatic heterocycles. The van der Waals surface area contributed by atoms with Crippen molar-refractivity contribution in [2.24, 2.45) is 0 Å². The molecular formula is C14H18N4O. The lowest BCUT2D eigenvalue weighted by molar-refractivity contribution is 0.156. The van der Waals surface area contributed by atoms with Crippen molar-refractivity contribution in [3.63, 3.8) is 0 Å². The average molecular weight is 258 g/mol. The van der Waals surface area contributed by atoms with Crippen LogP contribution in [0.2, 0.25) is 0 Å². The molecular weight excluding hydrogens is 240 g/mol. The van der Waals surface area contributed by atoms with Gasteiger partial charge in [0.05, 0.1) is 12.6 Å². The smallest absolute Gasteiger partial charge is 0.321 e. The third-order valence-electron chi connectivity index (χ3n) is 3.22. The lowest BCUT2D eigenvalue weighted by Crippen LogP contribution is -2.50. The zero-order valence-electron chi connectivity index (χ0n) is 11.1. The Morgan fingerprint density at radius 3 is 2.74 bits per heavy atom. The van der Waals surface area contributed by atoms with Crippen LogP contribution in [0.3, 0.4) is 0 Å². The molecule has 1 fully saturated rings. The van der Waals surface area contributed by atoms with Gasteiger partial charge in [0.2, 0.25) is 0 Å². The van der Waals surface area contributed by atoms with Crippen molar-refractivity contribution in [1.29, 1.82) is 5.26 Å². The van der Waals surface area contributed by atoms with Crippen molar-refractivity contribution in [3.8, 4) is 6.07 Å². The van der Waals surface area contributed by atoms with Crippen LogP contribution in [0.1, 0.15) is 5.56 Å². The number of anilines is 1. The van der Waals surface area contributed by atoms with E-state index in [0.29, 0.717) is 19.6 Å². The van der Waals surface area contributed by atoms with E-state index in [2.05, 4.69) is 16.3 Å². The van der Waals surface area contributed by atoms with Gasteiger partial charge in [-0.1, -0.05) is 12.1 Å². The molecule has 100 valence electrons. The van der Waals surface area contributed by atoms with Gasteiger partial charge < -0.3 is 10.2 Å². The molecule has 5 heteroatoms. The van der Waals surface area contributed by atoms with E-state index in [0.717, 1.165) is 24.3 Å². The minimum atomic E-state index is -0.0674. The van der Waals surface area contributed by atoms with Gasteiger partial charge in [0, 0.05) is 31.9 Å². The first-order chi connectivity index (χ1) is 9.19. The van der Waals surface area contributed by atoms with Crippen LogP contribution in [-0.2, 0) is 0 Å². The van der Waals surface area contributed by atoms with E-state index < -0.39 is 0 Å². The van der Waals surface area contributed by atoms with Crippen LogP contribution in [0, 0.1) is 18.3 Å². The number of hydrogen-bond acceptors (Lipinski definition) is 3. The second kappa shape index (κ2) is 6.21. The number of piperazine rings is 1. The van der Waals surface area contributed by atoms with E-state index in [-0.39, 0.29) is 6.03 Å². The first kappa shape index (κ1) is 13.4. The summed E-state index contributed by atoms with van der Waals surface area (Å²) in [4.78, 5) is 15.9. The number of nitriles is 1. The Morgan fingerprint density at radius 1 is 1.37 bits per heavy atom. The van der Waals surface area contributed by atoms with E-state index in [4.69, 9.17) is 5.26 Å². The molecule has 1 aromatic carbocycles. The van der Waals surface area contributed by atoms with Gasteiger partial charge in [0.1, 0.15) is 0 Å². The molecule has 1 heterocycles. The Morgan fingerprint density at radius 2 is 2.11 bits per heavy atom. The molecule has 0 unspecified atom stereocenters. The standard InChI is InChI=1S/C14H18N4O/c1-12-3-2-4-13(11-12)16-14(19)18-9-7-17(6-5-15)8-10-18/h2-4,11H,6-10H2,1H3,(H,16,19). The van der Waals surface area contributed by atoms with Gasteiger partial charge in [0.25, 0.3) is 0 Å². The first-order valence-corrected chi connectivity index (χ1v) is 6.41. The van der Waals surface area contributed by atoms with E-state index in [1.807, 2.05) is 31.2 Å². The first-order valence-electron chi connectivity index (χ1n) is 6.41. The topological polar surface area (TPSA) is 59.4 Å². The highest BCUT2D eigenvalue weighted by molar-refractivity contribution is 5.89. The molecule has 1 saturated heterocycles. The Hall–Kier alpha value is -2.06. The fourth-order valence-corrected chi connectivity index (χ4v) is 2.13. The number of amides is 2. The second-order valence-electron chi connectivity index (χ2n) is 4.72. The van der Waals surface area contributed by atoms with Crippen molar-refractivity contribution < 1.29 is 4.79 Å². The molecule has 2 rings (SSSR count). The highest BCUT2D eigenvalue weighted by Gasteiger charge is 2.20. The number of nitrogens with one attached hydrogen (secondary N) is 1. The lowest BCUT2D eigenvalue weighted by atomic mass is 10.2.